The van der Waals surface area contributed by atoms with Gasteiger partial charge in [-0.2, -0.15) is 0 Å². The highest BCUT2D eigenvalue weighted by molar-refractivity contribution is 5.81. The molecule has 1 atom stereocenters. The molecule has 0 radical (unpaired) electrons. The number of carboxylic acids is 1. The van der Waals surface area contributed by atoms with E-state index >= 15 is 0 Å². The Balaban J connectivity index is 1.33. The van der Waals surface area contributed by atoms with Gasteiger partial charge in [0.15, 0.2) is 0 Å². The normalized spacial score (nSPS) is 16.3. The van der Waals surface area contributed by atoms with E-state index in [2.05, 4.69) is 4.90 Å². The van der Waals surface area contributed by atoms with E-state index in [1.807, 2.05) is 60.7 Å². The lowest BCUT2D eigenvalue weighted by Crippen LogP contribution is -2.44. The standard InChI is InChI=1S/C32H39NO5/c1-31(2,30(36)37)27-16-15-23(22-29(27)35)28(34)14-9-19-33-20-17-26(18-21-33)32(38,24-10-5-3-6-11-24)25-12-7-4-8-13-25/h3-8,10-13,15-16,22,26,28,34-35,38H,9,14,17-21H2,1-2H3,(H,36,37). The molecule has 1 aliphatic rings. The number of aliphatic carboxylic acids is 1. The summed E-state index contributed by atoms with van der Waals surface area (Å²) in [5, 5.41) is 42.6. The molecule has 0 spiro atoms. The third-order valence-corrected chi connectivity index (χ3v) is 8.17. The number of phenolic OH excluding ortho intramolecular Hbond substituents is 1. The van der Waals surface area contributed by atoms with Gasteiger partial charge in [0, 0.05) is 5.56 Å². The van der Waals surface area contributed by atoms with Gasteiger partial charge < -0.3 is 25.3 Å². The van der Waals surface area contributed by atoms with Crippen LogP contribution >= 0.6 is 0 Å². The van der Waals surface area contributed by atoms with Crippen molar-refractivity contribution in [3.8, 4) is 5.75 Å². The average molecular weight is 518 g/mol. The zero-order valence-corrected chi connectivity index (χ0v) is 22.3. The van der Waals surface area contributed by atoms with Crippen LogP contribution in [0.5, 0.6) is 5.75 Å². The SMILES string of the molecule is CC(C)(C(=O)O)c1ccc(C(O)CCCN2CCC(C(O)(c3ccccc3)c3ccccc3)CC2)cc1O. The highest BCUT2D eigenvalue weighted by atomic mass is 16.4. The van der Waals surface area contributed by atoms with E-state index in [-0.39, 0.29) is 11.7 Å². The summed E-state index contributed by atoms with van der Waals surface area (Å²) in [5.74, 6) is -1.03. The van der Waals surface area contributed by atoms with E-state index in [1.54, 1.807) is 26.0 Å². The van der Waals surface area contributed by atoms with Crippen LogP contribution in [0.3, 0.4) is 0 Å². The summed E-state index contributed by atoms with van der Waals surface area (Å²) in [6.07, 6.45) is 2.34. The summed E-state index contributed by atoms with van der Waals surface area (Å²) in [6, 6.07) is 24.6. The van der Waals surface area contributed by atoms with Crippen molar-refractivity contribution in [2.24, 2.45) is 5.92 Å². The number of aliphatic hydroxyl groups is 2. The molecule has 1 fully saturated rings. The second-order valence-corrected chi connectivity index (χ2v) is 11.0. The number of benzene rings is 3. The maximum absolute atomic E-state index is 12.1. The van der Waals surface area contributed by atoms with Crippen molar-refractivity contribution < 1.29 is 25.2 Å². The highest BCUT2D eigenvalue weighted by Gasteiger charge is 2.41. The van der Waals surface area contributed by atoms with Crippen molar-refractivity contribution in [2.75, 3.05) is 19.6 Å². The molecule has 38 heavy (non-hydrogen) atoms. The van der Waals surface area contributed by atoms with Crippen LogP contribution in [0, 0.1) is 5.92 Å². The van der Waals surface area contributed by atoms with Gasteiger partial charge in [-0.15, -0.1) is 0 Å². The van der Waals surface area contributed by atoms with Crippen molar-refractivity contribution in [3.63, 3.8) is 0 Å². The Morgan fingerprint density at radius 2 is 1.50 bits per heavy atom. The number of carboxylic acid groups (broad SMARTS) is 1. The molecule has 3 aromatic carbocycles. The highest BCUT2D eigenvalue weighted by Crippen LogP contribution is 2.42. The third-order valence-electron chi connectivity index (χ3n) is 8.17. The number of hydrogen-bond acceptors (Lipinski definition) is 5. The number of nitrogens with zero attached hydrogens (tertiary/aromatic N) is 1. The molecule has 4 rings (SSSR count). The molecule has 0 aliphatic carbocycles. The number of piperidine rings is 1. The van der Waals surface area contributed by atoms with Crippen molar-refractivity contribution in [2.45, 2.75) is 56.7 Å². The monoisotopic (exact) mass is 517 g/mol. The molecule has 6 nitrogen and oxygen atoms in total. The molecule has 6 heteroatoms. The Labute approximate surface area is 225 Å². The van der Waals surface area contributed by atoms with E-state index in [4.69, 9.17) is 0 Å². The lowest BCUT2D eigenvalue weighted by atomic mass is 9.72. The summed E-state index contributed by atoms with van der Waals surface area (Å²) >= 11 is 0. The fourth-order valence-corrected chi connectivity index (χ4v) is 5.67. The number of aromatic hydroxyl groups is 1. The lowest BCUT2D eigenvalue weighted by molar-refractivity contribution is -0.142. The number of likely N-dealkylation sites (tertiary alicyclic amines) is 1. The van der Waals surface area contributed by atoms with E-state index in [0.717, 1.165) is 50.0 Å². The molecule has 1 unspecified atom stereocenters. The predicted octanol–water partition coefficient (Wildman–Crippen LogP) is 5.22. The molecule has 1 aliphatic heterocycles. The Morgan fingerprint density at radius 1 is 0.947 bits per heavy atom. The molecular formula is C32H39NO5. The average Bonchev–Trinajstić information content (AvgIpc) is 2.93. The lowest BCUT2D eigenvalue weighted by Gasteiger charge is -2.42. The molecule has 4 N–H and O–H groups in total. The minimum absolute atomic E-state index is 0.102. The largest absolute Gasteiger partial charge is 0.508 e. The van der Waals surface area contributed by atoms with E-state index in [9.17, 15) is 25.2 Å². The summed E-state index contributed by atoms with van der Waals surface area (Å²) in [4.78, 5) is 13.9. The fraction of sp³-hybridized carbons (Fsp3) is 0.406. The van der Waals surface area contributed by atoms with E-state index in [0.29, 0.717) is 17.5 Å². The minimum Gasteiger partial charge on any atom is -0.508 e. The van der Waals surface area contributed by atoms with Crippen LogP contribution in [-0.4, -0.2) is 50.9 Å². The van der Waals surface area contributed by atoms with Crippen molar-refractivity contribution >= 4 is 5.97 Å². The van der Waals surface area contributed by atoms with Crippen molar-refractivity contribution in [1.29, 1.82) is 0 Å². The zero-order valence-electron chi connectivity index (χ0n) is 22.3. The predicted molar refractivity (Wildman–Crippen MR) is 148 cm³/mol. The van der Waals surface area contributed by atoms with Crippen molar-refractivity contribution in [1.82, 2.24) is 4.90 Å². The van der Waals surface area contributed by atoms with Gasteiger partial charge in [-0.25, -0.2) is 0 Å². The Kier molecular flexibility index (Phi) is 8.56. The number of hydrogen-bond donors (Lipinski definition) is 4. The van der Waals surface area contributed by atoms with Crippen LogP contribution in [0.25, 0.3) is 0 Å². The second kappa shape index (κ2) is 11.7. The van der Waals surface area contributed by atoms with Crippen LogP contribution in [0.2, 0.25) is 0 Å². The van der Waals surface area contributed by atoms with Crippen LogP contribution in [0.1, 0.15) is 67.9 Å². The van der Waals surface area contributed by atoms with Gasteiger partial charge in [-0.1, -0.05) is 72.8 Å². The quantitative estimate of drug-likeness (QED) is 0.294. The first-order valence-electron chi connectivity index (χ1n) is 13.4. The summed E-state index contributed by atoms with van der Waals surface area (Å²) < 4.78 is 0. The zero-order chi connectivity index (χ0) is 27.3. The van der Waals surface area contributed by atoms with Gasteiger partial charge in [-0.3, -0.25) is 4.79 Å². The molecule has 0 aromatic heterocycles. The summed E-state index contributed by atoms with van der Waals surface area (Å²) in [7, 11) is 0. The van der Waals surface area contributed by atoms with Gasteiger partial charge >= 0.3 is 5.97 Å². The fourth-order valence-electron chi connectivity index (χ4n) is 5.67. The molecule has 1 heterocycles. The van der Waals surface area contributed by atoms with Crippen LogP contribution in [0.15, 0.2) is 78.9 Å². The Hall–Kier alpha value is -3.19. The maximum atomic E-state index is 12.1. The molecule has 0 amide bonds. The second-order valence-electron chi connectivity index (χ2n) is 11.0. The topological polar surface area (TPSA) is 101 Å². The molecule has 0 bridgehead atoms. The van der Waals surface area contributed by atoms with Crippen molar-refractivity contribution in [3.05, 3.63) is 101 Å². The van der Waals surface area contributed by atoms with E-state index in [1.165, 1.54) is 6.07 Å². The van der Waals surface area contributed by atoms with E-state index < -0.39 is 23.1 Å². The number of carbonyl (C=O) groups is 1. The molecule has 0 saturated carbocycles. The Morgan fingerprint density at radius 3 is 2.00 bits per heavy atom. The van der Waals surface area contributed by atoms with Crippen LogP contribution in [-0.2, 0) is 15.8 Å². The minimum atomic E-state index is -1.22. The maximum Gasteiger partial charge on any atom is 0.313 e. The van der Waals surface area contributed by atoms with Gasteiger partial charge in [-0.05, 0) is 87.8 Å². The molecule has 202 valence electrons. The molecule has 1 saturated heterocycles. The number of aliphatic hydroxyl groups excluding tert-OH is 1. The van der Waals surface area contributed by atoms with Crippen LogP contribution < -0.4 is 0 Å². The first-order valence-corrected chi connectivity index (χ1v) is 13.4. The first-order chi connectivity index (χ1) is 18.1. The number of phenols is 1. The smallest absolute Gasteiger partial charge is 0.313 e. The van der Waals surface area contributed by atoms with Gasteiger partial charge in [0.05, 0.1) is 11.5 Å². The molecular weight excluding hydrogens is 478 g/mol. The van der Waals surface area contributed by atoms with Gasteiger partial charge in [0.25, 0.3) is 0 Å². The van der Waals surface area contributed by atoms with Gasteiger partial charge in [0.1, 0.15) is 11.4 Å². The summed E-state index contributed by atoms with van der Waals surface area (Å²) in [6.45, 7) is 5.69. The third kappa shape index (κ3) is 5.78. The first kappa shape index (κ1) is 27.8. The Bertz CT molecular complexity index is 1160. The summed E-state index contributed by atoms with van der Waals surface area (Å²) in [5.41, 5.74) is 0.514. The van der Waals surface area contributed by atoms with Crippen LogP contribution in [0.4, 0.5) is 0 Å². The molecule has 3 aromatic rings. The number of rotatable bonds is 10. The van der Waals surface area contributed by atoms with Gasteiger partial charge in [0.2, 0.25) is 0 Å².